The van der Waals surface area contributed by atoms with Crippen molar-refractivity contribution in [2.45, 2.75) is 38.6 Å². The molecule has 1 N–H and O–H groups in total. The van der Waals surface area contributed by atoms with Crippen molar-refractivity contribution in [1.82, 2.24) is 14.9 Å². The highest BCUT2D eigenvalue weighted by molar-refractivity contribution is 5.77. The Hall–Kier alpha value is -1.68. The van der Waals surface area contributed by atoms with Crippen LogP contribution >= 0.6 is 0 Å². The molecule has 4 nitrogen and oxygen atoms in total. The van der Waals surface area contributed by atoms with Crippen LogP contribution in [0.4, 0.5) is 0 Å². The Labute approximate surface area is 125 Å². The standard InChI is InChI=1S/C17H23N3O/c1-20(11-13-7-3-2-4-8-13)12-16-18-15-10-6-5-9-14(15)17(21)19-16/h5-6,9-10,13H,2-4,7-8,11-12H2,1H3,(H,18,19,21). The van der Waals surface area contributed by atoms with Crippen molar-refractivity contribution in [2.75, 3.05) is 13.6 Å². The molecular formula is C17H23N3O. The summed E-state index contributed by atoms with van der Waals surface area (Å²) < 4.78 is 0. The highest BCUT2D eigenvalue weighted by atomic mass is 16.1. The van der Waals surface area contributed by atoms with Crippen molar-refractivity contribution >= 4 is 10.9 Å². The number of fused-ring (bicyclic) bond motifs is 1. The van der Waals surface area contributed by atoms with E-state index in [0.717, 1.165) is 23.8 Å². The summed E-state index contributed by atoms with van der Waals surface area (Å²) in [5.74, 6) is 1.56. The molecule has 1 aromatic heterocycles. The van der Waals surface area contributed by atoms with E-state index in [2.05, 4.69) is 21.9 Å². The third-order valence-corrected chi connectivity index (χ3v) is 4.38. The van der Waals surface area contributed by atoms with Gasteiger partial charge in [-0.25, -0.2) is 4.98 Å². The fourth-order valence-corrected chi connectivity index (χ4v) is 3.34. The van der Waals surface area contributed by atoms with E-state index < -0.39 is 0 Å². The van der Waals surface area contributed by atoms with Crippen molar-refractivity contribution in [3.8, 4) is 0 Å². The van der Waals surface area contributed by atoms with Crippen molar-refractivity contribution < 1.29 is 0 Å². The smallest absolute Gasteiger partial charge is 0.258 e. The summed E-state index contributed by atoms with van der Waals surface area (Å²) in [4.78, 5) is 21.8. The third kappa shape index (κ3) is 3.50. The molecule has 0 unspecified atom stereocenters. The minimum absolute atomic E-state index is 0.0401. The lowest BCUT2D eigenvalue weighted by Gasteiger charge is -2.26. The van der Waals surface area contributed by atoms with Gasteiger partial charge in [-0.05, 0) is 37.9 Å². The lowest BCUT2D eigenvalue weighted by molar-refractivity contribution is 0.224. The van der Waals surface area contributed by atoms with Gasteiger partial charge in [-0.2, -0.15) is 0 Å². The molecule has 1 aliphatic rings. The van der Waals surface area contributed by atoms with Gasteiger partial charge >= 0.3 is 0 Å². The van der Waals surface area contributed by atoms with Crippen LogP contribution < -0.4 is 5.56 Å². The summed E-state index contributed by atoms with van der Waals surface area (Å²) in [5, 5.41) is 0.663. The summed E-state index contributed by atoms with van der Waals surface area (Å²) >= 11 is 0. The summed E-state index contributed by atoms with van der Waals surface area (Å²) in [6.45, 7) is 1.80. The Bertz CT molecular complexity index is 658. The molecule has 0 atom stereocenters. The lowest BCUT2D eigenvalue weighted by atomic mass is 9.89. The molecule has 1 heterocycles. The first kappa shape index (κ1) is 14.3. The number of rotatable bonds is 4. The number of aromatic nitrogens is 2. The molecule has 1 fully saturated rings. The first-order chi connectivity index (χ1) is 10.2. The van der Waals surface area contributed by atoms with Crippen LogP contribution in [0.2, 0.25) is 0 Å². The topological polar surface area (TPSA) is 49.0 Å². The number of H-pyrrole nitrogens is 1. The summed E-state index contributed by atoms with van der Waals surface area (Å²) in [5.41, 5.74) is 0.740. The Morgan fingerprint density at radius 2 is 2.00 bits per heavy atom. The molecule has 2 aromatic rings. The van der Waals surface area contributed by atoms with E-state index in [1.165, 1.54) is 32.1 Å². The molecule has 112 valence electrons. The number of benzene rings is 1. The van der Waals surface area contributed by atoms with E-state index in [4.69, 9.17) is 0 Å². The summed E-state index contributed by atoms with van der Waals surface area (Å²) in [7, 11) is 2.11. The normalized spacial score (nSPS) is 16.7. The second kappa shape index (κ2) is 6.39. The van der Waals surface area contributed by atoms with Crippen LogP contribution in [0.5, 0.6) is 0 Å². The zero-order valence-electron chi connectivity index (χ0n) is 12.6. The Balaban J connectivity index is 1.70. The van der Waals surface area contributed by atoms with Gasteiger partial charge in [0.05, 0.1) is 17.4 Å². The maximum absolute atomic E-state index is 12.1. The van der Waals surface area contributed by atoms with Crippen LogP contribution in [0.25, 0.3) is 10.9 Å². The highest BCUT2D eigenvalue weighted by Gasteiger charge is 2.16. The predicted molar refractivity (Wildman–Crippen MR) is 85.3 cm³/mol. The van der Waals surface area contributed by atoms with Gasteiger partial charge in [-0.15, -0.1) is 0 Å². The maximum atomic E-state index is 12.1. The van der Waals surface area contributed by atoms with Gasteiger partial charge < -0.3 is 4.98 Å². The van der Waals surface area contributed by atoms with Gasteiger partial charge in [0.15, 0.2) is 0 Å². The first-order valence-corrected chi connectivity index (χ1v) is 7.89. The van der Waals surface area contributed by atoms with Gasteiger partial charge in [-0.3, -0.25) is 9.69 Å². The molecule has 3 rings (SSSR count). The molecule has 1 aromatic carbocycles. The monoisotopic (exact) mass is 285 g/mol. The number of nitrogens with one attached hydrogen (secondary N) is 1. The van der Waals surface area contributed by atoms with Crippen molar-refractivity contribution in [3.63, 3.8) is 0 Å². The van der Waals surface area contributed by atoms with Gasteiger partial charge in [0.2, 0.25) is 0 Å². The molecule has 4 heteroatoms. The predicted octanol–water partition coefficient (Wildman–Crippen LogP) is 2.94. The maximum Gasteiger partial charge on any atom is 0.258 e. The molecule has 0 saturated heterocycles. The second-order valence-corrected chi connectivity index (χ2v) is 6.23. The molecule has 0 spiro atoms. The fourth-order valence-electron chi connectivity index (χ4n) is 3.34. The largest absolute Gasteiger partial charge is 0.309 e. The number of nitrogens with zero attached hydrogens (tertiary/aromatic N) is 2. The second-order valence-electron chi connectivity index (χ2n) is 6.23. The third-order valence-electron chi connectivity index (χ3n) is 4.38. The number of hydrogen-bond acceptors (Lipinski definition) is 3. The van der Waals surface area contributed by atoms with Crippen LogP contribution in [-0.4, -0.2) is 28.5 Å². The van der Waals surface area contributed by atoms with E-state index in [9.17, 15) is 4.79 Å². The molecule has 1 saturated carbocycles. The van der Waals surface area contributed by atoms with Crippen molar-refractivity contribution in [1.29, 1.82) is 0 Å². The molecule has 1 aliphatic carbocycles. The molecule has 0 bridgehead atoms. The van der Waals surface area contributed by atoms with E-state index in [1.54, 1.807) is 0 Å². The van der Waals surface area contributed by atoms with Crippen LogP contribution in [-0.2, 0) is 6.54 Å². The zero-order chi connectivity index (χ0) is 14.7. The Morgan fingerprint density at radius 1 is 1.24 bits per heavy atom. The van der Waals surface area contributed by atoms with Crippen LogP contribution in [0.1, 0.15) is 37.9 Å². The minimum atomic E-state index is -0.0401. The number of aromatic amines is 1. The fraction of sp³-hybridized carbons (Fsp3) is 0.529. The minimum Gasteiger partial charge on any atom is -0.309 e. The molecule has 21 heavy (non-hydrogen) atoms. The van der Waals surface area contributed by atoms with Gasteiger partial charge in [-0.1, -0.05) is 31.4 Å². The Kier molecular flexibility index (Phi) is 4.34. The van der Waals surface area contributed by atoms with Gasteiger partial charge in [0.25, 0.3) is 5.56 Å². The molecule has 0 amide bonds. The van der Waals surface area contributed by atoms with E-state index >= 15 is 0 Å². The Morgan fingerprint density at radius 3 is 2.81 bits per heavy atom. The molecule has 0 radical (unpaired) electrons. The SMILES string of the molecule is CN(Cc1nc2ccccc2c(=O)[nH]1)CC1CCCCC1. The van der Waals surface area contributed by atoms with Crippen molar-refractivity contribution in [3.05, 3.63) is 40.4 Å². The zero-order valence-corrected chi connectivity index (χ0v) is 12.6. The first-order valence-electron chi connectivity index (χ1n) is 7.89. The molecule has 0 aliphatic heterocycles. The van der Waals surface area contributed by atoms with Crippen molar-refractivity contribution in [2.24, 2.45) is 5.92 Å². The summed E-state index contributed by atoms with van der Waals surface area (Å²) in [6.07, 6.45) is 6.80. The van der Waals surface area contributed by atoms with E-state index in [1.807, 2.05) is 24.3 Å². The average molecular weight is 285 g/mol. The van der Waals surface area contributed by atoms with Gasteiger partial charge in [0.1, 0.15) is 5.82 Å². The highest BCUT2D eigenvalue weighted by Crippen LogP contribution is 2.24. The molecular weight excluding hydrogens is 262 g/mol. The van der Waals surface area contributed by atoms with Crippen LogP contribution in [0, 0.1) is 5.92 Å². The number of hydrogen-bond donors (Lipinski definition) is 1. The lowest BCUT2D eigenvalue weighted by Crippen LogP contribution is -2.28. The van der Waals surface area contributed by atoms with Gasteiger partial charge in [0, 0.05) is 6.54 Å². The van der Waals surface area contributed by atoms with E-state index in [0.29, 0.717) is 11.9 Å². The quantitative estimate of drug-likeness (QED) is 0.939. The van der Waals surface area contributed by atoms with Crippen LogP contribution in [0.3, 0.4) is 0 Å². The van der Waals surface area contributed by atoms with Crippen LogP contribution in [0.15, 0.2) is 29.1 Å². The number of para-hydroxylation sites is 1. The van der Waals surface area contributed by atoms with E-state index in [-0.39, 0.29) is 5.56 Å². The summed E-state index contributed by atoms with van der Waals surface area (Å²) in [6, 6.07) is 7.50. The average Bonchev–Trinajstić information content (AvgIpc) is 2.48.